The average molecular weight is 357 g/mol. The summed E-state index contributed by atoms with van der Waals surface area (Å²) >= 11 is 3.48. The molecule has 0 aromatic carbocycles. The molecular formula is C15H25BrN4O. The predicted octanol–water partition coefficient (Wildman–Crippen LogP) is 2.38. The smallest absolute Gasteiger partial charge is 0.283 e. The van der Waals surface area contributed by atoms with E-state index >= 15 is 0 Å². The molecule has 0 radical (unpaired) electrons. The van der Waals surface area contributed by atoms with E-state index in [1.807, 2.05) is 13.1 Å². The van der Waals surface area contributed by atoms with Crippen molar-refractivity contribution in [1.82, 2.24) is 15.1 Å². The predicted molar refractivity (Wildman–Crippen MR) is 90.0 cm³/mol. The molecule has 5 nitrogen and oxygen atoms in total. The Morgan fingerprint density at radius 2 is 2.33 bits per heavy atom. The first kappa shape index (κ1) is 16.5. The lowest BCUT2D eigenvalue weighted by Crippen LogP contribution is -2.39. The molecule has 0 saturated carbocycles. The molecule has 0 aliphatic carbocycles. The molecule has 1 aromatic heterocycles. The molecule has 0 bridgehead atoms. The highest BCUT2D eigenvalue weighted by molar-refractivity contribution is 9.10. The van der Waals surface area contributed by atoms with Crippen LogP contribution in [0.3, 0.4) is 0 Å². The number of anilines is 1. The van der Waals surface area contributed by atoms with Crippen molar-refractivity contribution in [3.05, 3.63) is 21.0 Å². The Labute approximate surface area is 134 Å². The monoisotopic (exact) mass is 356 g/mol. The van der Waals surface area contributed by atoms with Gasteiger partial charge in [0.25, 0.3) is 5.56 Å². The van der Waals surface area contributed by atoms with Gasteiger partial charge in [-0.3, -0.25) is 4.79 Å². The highest BCUT2D eigenvalue weighted by Gasteiger charge is 2.21. The van der Waals surface area contributed by atoms with Crippen molar-refractivity contribution >= 4 is 21.6 Å². The fourth-order valence-electron chi connectivity index (χ4n) is 2.74. The SMILES string of the molecule is CCCCN(CC1CCCN1)c1cnn(CC)c(=O)c1Br. The number of nitrogens with zero attached hydrogens (tertiary/aromatic N) is 3. The quantitative estimate of drug-likeness (QED) is 0.814. The lowest BCUT2D eigenvalue weighted by atomic mass is 10.2. The molecule has 1 atom stereocenters. The largest absolute Gasteiger partial charge is 0.368 e. The molecule has 0 spiro atoms. The minimum Gasteiger partial charge on any atom is -0.368 e. The maximum absolute atomic E-state index is 12.2. The first-order valence-electron chi connectivity index (χ1n) is 7.91. The van der Waals surface area contributed by atoms with Crippen molar-refractivity contribution < 1.29 is 0 Å². The Balaban J connectivity index is 2.22. The minimum absolute atomic E-state index is 0.0455. The van der Waals surface area contributed by atoms with Gasteiger partial charge in [-0.15, -0.1) is 0 Å². The van der Waals surface area contributed by atoms with Crippen molar-refractivity contribution in [1.29, 1.82) is 0 Å². The van der Waals surface area contributed by atoms with E-state index in [1.165, 1.54) is 17.5 Å². The van der Waals surface area contributed by atoms with E-state index in [9.17, 15) is 4.79 Å². The van der Waals surface area contributed by atoms with Crippen LogP contribution in [0.25, 0.3) is 0 Å². The second-order valence-corrected chi connectivity index (χ2v) is 6.35. The normalized spacial score (nSPS) is 18.1. The van der Waals surface area contributed by atoms with Crippen LogP contribution in [0.2, 0.25) is 0 Å². The van der Waals surface area contributed by atoms with Crippen LogP contribution in [0.4, 0.5) is 5.69 Å². The van der Waals surface area contributed by atoms with E-state index < -0.39 is 0 Å². The fourth-order valence-corrected chi connectivity index (χ4v) is 3.30. The molecule has 1 saturated heterocycles. The number of unbranched alkanes of at least 4 members (excludes halogenated alkanes) is 1. The number of nitrogens with one attached hydrogen (secondary N) is 1. The zero-order chi connectivity index (χ0) is 15.2. The molecular weight excluding hydrogens is 332 g/mol. The van der Waals surface area contributed by atoms with Gasteiger partial charge in [0.05, 0.1) is 11.9 Å². The number of hydrogen-bond acceptors (Lipinski definition) is 4. The fraction of sp³-hybridized carbons (Fsp3) is 0.733. The van der Waals surface area contributed by atoms with E-state index in [1.54, 1.807) is 0 Å². The third kappa shape index (κ3) is 4.07. The molecule has 1 unspecified atom stereocenters. The lowest BCUT2D eigenvalue weighted by molar-refractivity contribution is 0.565. The van der Waals surface area contributed by atoms with E-state index in [-0.39, 0.29) is 5.56 Å². The van der Waals surface area contributed by atoms with E-state index in [0.29, 0.717) is 17.1 Å². The topological polar surface area (TPSA) is 50.2 Å². The van der Waals surface area contributed by atoms with Gasteiger partial charge in [-0.25, -0.2) is 4.68 Å². The molecule has 1 fully saturated rings. The van der Waals surface area contributed by atoms with Crippen molar-refractivity contribution in [2.45, 2.75) is 52.1 Å². The van der Waals surface area contributed by atoms with Crippen LogP contribution in [0.5, 0.6) is 0 Å². The van der Waals surface area contributed by atoms with Crippen LogP contribution < -0.4 is 15.8 Å². The molecule has 1 N–H and O–H groups in total. The maximum atomic E-state index is 12.2. The van der Waals surface area contributed by atoms with E-state index in [0.717, 1.165) is 38.2 Å². The van der Waals surface area contributed by atoms with Crippen molar-refractivity contribution in [3.8, 4) is 0 Å². The van der Waals surface area contributed by atoms with Gasteiger partial charge in [0, 0.05) is 25.7 Å². The van der Waals surface area contributed by atoms with Gasteiger partial charge in [-0.2, -0.15) is 5.10 Å². The summed E-state index contributed by atoms with van der Waals surface area (Å²) in [5.74, 6) is 0. The molecule has 1 aliphatic rings. The summed E-state index contributed by atoms with van der Waals surface area (Å²) in [6.07, 6.45) is 6.53. The maximum Gasteiger partial charge on any atom is 0.283 e. The standard InChI is InChI=1S/C15H25BrN4O/c1-3-5-9-19(11-12-7-6-8-17-12)13-10-18-20(4-2)15(21)14(13)16/h10,12,17H,3-9,11H2,1-2H3. The van der Waals surface area contributed by atoms with Crippen LogP contribution in [-0.2, 0) is 6.54 Å². The number of rotatable bonds is 7. The van der Waals surface area contributed by atoms with Gasteiger partial charge >= 0.3 is 0 Å². The summed E-state index contributed by atoms with van der Waals surface area (Å²) in [6, 6.07) is 0.516. The number of hydrogen-bond donors (Lipinski definition) is 1. The van der Waals surface area contributed by atoms with Crippen molar-refractivity contribution in [2.24, 2.45) is 0 Å². The Hall–Kier alpha value is -0.880. The summed E-state index contributed by atoms with van der Waals surface area (Å²) < 4.78 is 2.12. The van der Waals surface area contributed by atoms with Crippen molar-refractivity contribution in [2.75, 3.05) is 24.5 Å². The molecule has 0 amide bonds. The second kappa shape index (κ2) is 7.94. The summed E-state index contributed by atoms with van der Waals surface area (Å²) in [5, 5.41) is 7.80. The molecule has 118 valence electrons. The summed E-state index contributed by atoms with van der Waals surface area (Å²) in [4.78, 5) is 14.5. The van der Waals surface area contributed by atoms with Crippen LogP contribution in [0, 0.1) is 0 Å². The van der Waals surface area contributed by atoms with Gasteiger partial charge < -0.3 is 10.2 Å². The van der Waals surface area contributed by atoms with Crippen molar-refractivity contribution in [3.63, 3.8) is 0 Å². The number of halogens is 1. The Bertz CT molecular complexity index is 511. The second-order valence-electron chi connectivity index (χ2n) is 5.56. The van der Waals surface area contributed by atoms with Crippen LogP contribution in [0.1, 0.15) is 39.5 Å². The summed E-state index contributed by atoms with van der Waals surface area (Å²) in [7, 11) is 0. The third-order valence-electron chi connectivity index (χ3n) is 3.99. The Morgan fingerprint density at radius 1 is 1.52 bits per heavy atom. The number of aryl methyl sites for hydroxylation is 1. The van der Waals surface area contributed by atoms with E-state index in [4.69, 9.17) is 0 Å². The zero-order valence-corrected chi connectivity index (χ0v) is 14.5. The Kier molecular flexibility index (Phi) is 6.23. The summed E-state index contributed by atoms with van der Waals surface area (Å²) in [6.45, 7) is 7.71. The van der Waals surface area contributed by atoms with Crippen LogP contribution in [0.15, 0.2) is 15.5 Å². The first-order chi connectivity index (χ1) is 10.2. The van der Waals surface area contributed by atoms with Gasteiger partial charge in [-0.1, -0.05) is 13.3 Å². The van der Waals surface area contributed by atoms with E-state index in [2.05, 4.69) is 38.2 Å². The van der Waals surface area contributed by atoms with Gasteiger partial charge in [-0.05, 0) is 48.7 Å². The minimum atomic E-state index is -0.0455. The Morgan fingerprint density at radius 3 is 2.95 bits per heavy atom. The van der Waals surface area contributed by atoms with Gasteiger partial charge in [0.15, 0.2) is 0 Å². The molecule has 21 heavy (non-hydrogen) atoms. The van der Waals surface area contributed by atoms with Crippen LogP contribution in [-0.4, -0.2) is 35.5 Å². The highest BCUT2D eigenvalue weighted by atomic mass is 79.9. The lowest BCUT2D eigenvalue weighted by Gasteiger charge is -2.28. The van der Waals surface area contributed by atoms with Gasteiger partial charge in [0.2, 0.25) is 0 Å². The number of aromatic nitrogens is 2. The highest BCUT2D eigenvalue weighted by Crippen LogP contribution is 2.23. The van der Waals surface area contributed by atoms with Crippen LogP contribution >= 0.6 is 15.9 Å². The van der Waals surface area contributed by atoms with Gasteiger partial charge in [0.1, 0.15) is 4.47 Å². The summed E-state index contributed by atoms with van der Waals surface area (Å²) in [5.41, 5.74) is 0.878. The molecule has 1 aliphatic heterocycles. The third-order valence-corrected chi connectivity index (χ3v) is 4.74. The molecule has 2 heterocycles. The first-order valence-corrected chi connectivity index (χ1v) is 8.70. The molecule has 2 rings (SSSR count). The molecule has 6 heteroatoms. The zero-order valence-electron chi connectivity index (χ0n) is 12.9. The average Bonchev–Trinajstić information content (AvgIpc) is 2.99. The molecule has 1 aromatic rings.